The summed E-state index contributed by atoms with van der Waals surface area (Å²) in [6.45, 7) is 6.63. The van der Waals surface area contributed by atoms with Gasteiger partial charge in [0.2, 0.25) is 5.89 Å². The Bertz CT molecular complexity index is 606. The fourth-order valence-electron chi connectivity index (χ4n) is 2.75. The Morgan fingerprint density at radius 1 is 1.04 bits per heavy atom. The molecule has 0 atom stereocenters. The molecule has 0 aromatic carbocycles. The average Bonchev–Trinajstić information content (AvgIpc) is 3.04. The fraction of sp³-hybridized carbons (Fsp3) is 0.846. The van der Waals surface area contributed by atoms with Crippen LogP contribution in [-0.4, -0.2) is 84.6 Å². The van der Waals surface area contributed by atoms with Gasteiger partial charge in [-0.05, 0) is 0 Å². The number of aromatic nitrogens is 2. The SMILES string of the molecule is CCc1noc(CN2CCN(S(=O)(=O)N3CCOCC3)CC2)n1. The molecule has 0 saturated carbocycles. The summed E-state index contributed by atoms with van der Waals surface area (Å²) in [5.74, 6) is 1.29. The minimum Gasteiger partial charge on any atom is -0.379 e. The third-order valence-corrected chi connectivity index (χ3v) is 6.17. The fourth-order valence-corrected chi connectivity index (χ4v) is 4.31. The Kier molecular flexibility index (Phi) is 5.27. The molecule has 2 aliphatic heterocycles. The number of ether oxygens (including phenoxy) is 1. The number of nitrogens with zero attached hydrogens (tertiary/aromatic N) is 5. The molecule has 9 nitrogen and oxygen atoms in total. The lowest BCUT2D eigenvalue weighted by Gasteiger charge is -2.37. The van der Waals surface area contributed by atoms with Gasteiger partial charge in [0.25, 0.3) is 10.2 Å². The van der Waals surface area contributed by atoms with Crippen molar-refractivity contribution < 1.29 is 17.7 Å². The van der Waals surface area contributed by atoms with Gasteiger partial charge in [-0.25, -0.2) is 0 Å². The van der Waals surface area contributed by atoms with Crippen LogP contribution in [-0.2, 0) is 27.9 Å². The minimum absolute atomic E-state index is 0.435. The molecule has 0 spiro atoms. The summed E-state index contributed by atoms with van der Waals surface area (Å²) >= 11 is 0. The Morgan fingerprint density at radius 3 is 2.30 bits per heavy atom. The molecular weight excluding hydrogens is 322 g/mol. The first-order chi connectivity index (χ1) is 11.1. The van der Waals surface area contributed by atoms with Gasteiger partial charge >= 0.3 is 0 Å². The van der Waals surface area contributed by atoms with E-state index in [1.807, 2.05) is 6.92 Å². The van der Waals surface area contributed by atoms with Crippen molar-refractivity contribution in [1.29, 1.82) is 0 Å². The third kappa shape index (κ3) is 3.89. The Balaban J connectivity index is 1.53. The van der Waals surface area contributed by atoms with Crippen molar-refractivity contribution in [3.8, 4) is 0 Å². The molecule has 1 aromatic heterocycles. The van der Waals surface area contributed by atoms with Crippen LogP contribution in [0.2, 0.25) is 0 Å². The number of piperazine rings is 1. The number of hydrogen-bond acceptors (Lipinski definition) is 7. The van der Waals surface area contributed by atoms with Gasteiger partial charge in [-0.2, -0.15) is 22.0 Å². The molecule has 1 aromatic rings. The molecule has 3 heterocycles. The first kappa shape index (κ1) is 16.8. The first-order valence-corrected chi connectivity index (χ1v) is 9.36. The molecule has 10 heteroatoms. The molecule has 0 bridgehead atoms. The summed E-state index contributed by atoms with van der Waals surface area (Å²) in [5.41, 5.74) is 0. The Labute approximate surface area is 136 Å². The number of hydrogen-bond donors (Lipinski definition) is 0. The summed E-state index contributed by atoms with van der Waals surface area (Å²) in [6.07, 6.45) is 0.745. The second-order valence-corrected chi connectivity index (χ2v) is 7.58. The Morgan fingerprint density at radius 2 is 1.70 bits per heavy atom. The van der Waals surface area contributed by atoms with E-state index in [2.05, 4.69) is 15.0 Å². The van der Waals surface area contributed by atoms with Gasteiger partial charge in [0, 0.05) is 45.7 Å². The zero-order valence-electron chi connectivity index (χ0n) is 13.3. The monoisotopic (exact) mass is 345 g/mol. The molecule has 23 heavy (non-hydrogen) atoms. The average molecular weight is 345 g/mol. The van der Waals surface area contributed by atoms with Crippen molar-refractivity contribution in [3.05, 3.63) is 11.7 Å². The predicted octanol–water partition coefficient (Wildman–Crippen LogP) is -0.673. The lowest BCUT2D eigenvalue weighted by Crippen LogP contribution is -2.54. The Hall–Kier alpha value is -1.07. The third-order valence-electron chi connectivity index (χ3n) is 4.14. The van der Waals surface area contributed by atoms with E-state index in [-0.39, 0.29) is 0 Å². The van der Waals surface area contributed by atoms with Crippen LogP contribution < -0.4 is 0 Å². The highest BCUT2D eigenvalue weighted by molar-refractivity contribution is 7.86. The normalized spacial score (nSPS) is 22.5. The van der Waals surface area contributed by atoms with Crippen molar-refractivity contribution in [3.63, 3.8) is 0 Å². The summed E-state index contributed by atoms with van der Waals surface area (Å²) in [4.78, 5) is 6.43. The van der Waals surface area contributed by atoms with Crippen LogP contribution in [0.25, 0.3) is 0 Å². The van der Waals surface area contributed by atoms with E-state index in [1.165, 1.54) is 4.31 Å². The van der Waals surface area contributed by atoms with Crippen molar-refractivity contribution in [2.45, 2.75) is 19.9 Å². The van der Waals surface area contributed by atoms with E-state index in [1.54, 1.807) is 4.31 Å². The van der Waals surface area contributed by atoms with Crippen LogP contribution in [0.3, 0.4) is 0 Å². The zero-order valence-corrected chi connectivity index (χ0v) is 14.2. The standard InChI is InChI=1S/C13H23N5O4S/c1-2-12-14-13(22-15-12)11-16-3-5-17(6-4-16)23(19,20)18-7-9-21-10-8-18/h2-11H2,1H3. The lowest BCUT2D eigenvalue weighted by atomic mass is 10.3. The van der Waals surface area contributed by atoms with Crippen LogP contribution in [0, 0.1) is 0 Å². The molecule has 3 rings (SSSR count). The van der Waals surface area contributed by atoms with Crippen molar-refractivity contribution >= 4 is 10.2 Å². The number of aryl methyl sites for hydroxylation is 1. The minimum atomic E-state index is -3.37. The largest absolute Gasteiger partial charge is 0.379 e. The molecule has 2 aliphatic rings. The van der Waals surface area contributed by atoms with Crippen LogP contribution in [0.4, 0.5) is 0 Å². The topological polar surface area (TPSA) is 92.0 Å². The number of morpholine rings is 1. The summed E-state index contributed by atoms with van der Waals surface area (Å²) < 4.78 is 38.6. The number of rotatable bonds is 5. The first-order valence-electron chi connectivity index (χ1n) is 7.96. The molecule has 2 saturated heterocycles. The maximum Gasteiger partial charge on any atom is 0.282 e. The zero-order chi connectivity index (χ0) is 16.3. The van der Waals surface area contributed by atoms with Gasteiger partial charge in [-0.1, -0.05) is 12.1 Å². The van der Waals surface area contributed by atoms with E-state index in [0.29, 0.717) is 70.7 Å². The maximum absolute atomic E-state index is 12.6. The van der Waals surface area contributed by atoms with E-state index in [9.17, 15) is 8.42 Å². The predicted molar refractivity (Wildman–Crippen MR) is 81.8 cm³/mol. The van der Waals surface area contributed by atoms with Crippen molar-refractivity contribution in [2.75, 3.05) is 52.5 Å². The van der Waals surface area contributed by atoms with Gasteiger partial charge in [-0.15, -0.1) is 0 Å². The highest BCUT2D eigenvalue weighted by atomic mass is 32.2. The molecular formula is C13H23N5O4S. The van der Waals surface area contributed by atoms with Crippen LogP contribution in [0.15, 0.2) is 4.52 Å². The summed E-state index contributed by atoms with van der Waals surface area (Å²) in [6, 6.07) is 0. The maximum atomic E-state index is 12.6. The van der Waals surface area contributed by atoms with Crippen LogP contribution >= 0.6 is 0 Å². The molecule has 0 unspecified atom stereocenters. The highest BCUT2D eigenvalue weighted by Crippen LogP contribution is 2.15. The lowest BCUT2D eigenvalue weighted by molar-refractivity contribution is 0.0681. The van der Waals surface area contributed by atoms with E-state index in [4.69, 9.17) is 9.26 Å². The second-order valence-electron chi connectivity index (χ2n) is 5.65. The van der Waals surface area contributed by atoms with E-state index < -0.39 is 10.2 Å². The second kappa shape index (κ2) is 7.22. The highest BCUT2D eigenvalue weighted by Gasteiger charge is 2.33. The molecule has 0 aliphatic carbocycles. The summed E-state index contributed by atoms with van der Waals surface area (Å²) in [7, 11) is -3.37. The van der Waals surface area contributed by atoms with Gasteiger partial charge in [0.05, 0.1) is 19.8 Å². The van der Waals surface area contributed by atoms with Crippen molar-refractivity contribution in [1.82, 2.24) is 23.7 Å². The van der Waals surface area contributed by atoms with Crippen LogP contribution in [0.5, 0.6) is 0 Å². The molecule has 0 amide bonds. The van der Waals surface area contributed by atoms with E-state index >= 15 is 0 Å². The molecule has 130 valence electrons. The summed E-state index contributed by atoms with van der Waals surface area (Å²) in [5, 5.41) is 3.88. The van der Waals surface area contributed by atoms with Crippen LogP contribution in [0.1, 0.15) is 18.6 Å². The molecule has 0 radical (unpaired) electrons. The van der Waals surface area contributed by atoms with Gasteiger partial charge < -0.3 is 9.26 Å². The van der Waals surface area contributed by atoms with Gasteiger partial charge in [0.1, 0.15) is 0 Å². The van der Waals surface area contributed by atoms with Gasteiger partial charge in [-0.3, -0.25) is 4.90 Å². The van der Waals surface area contributed by atoms with Gasteiger partial charge in [0.15, 0.2) is 5.82 Å². The smallest absolute Gasteiger partial charge is 0.282 e. The molecule has 2 fully saturated rings. The van der Waals surface area contributed by atoms with Crippen molar-refractivity contribution in [2.24, 2.45) is 0 Å². The quantitative estimate of drug-likeness (QED) is 0.698. The van der Waals surface area contributed by atoms with E-state index in [0.717, 1.165) is 6.42 Å². The molecule has 0 N–H and O–H groups in total.